The van der Waals surface area contributed by atoms with Crippen LogP contribution in [0.5, 0.6) is 11.5 Å². The molecule has 0 radical (unpaired) electrons. The molecule has 2 nitrogen and oxygen atoms in total. The molecule has 0 saturated heterocycles. The Balaban J connectivity index is 2.27. The van der Waals surface area contributed by atoms with Crippen LogP contribution in [-0.4, -0.2) is 18.0 Å². The van der Waals surface area contributed by atoms with Gasteiger partial charge in [-0.05, 0) is 12.1 Å². The van der Waals surface area contributed by atoms with E-state index in [0.717, 1.165) is 16.8 Å². The third kappa shape index (κ3) is 1.92. The molecule has 0 aromatic heterocycles. The Morgan fingerprint density at radius 3 is 3.08 bits per heavy atom. The van der Waals surface area contributed by atoms with Gasteiger partial charge in [0, 0.05) is 16.4 Å². The Kier molecular flexibility index (Phi) is 2.65. The first-order valence-corrected chi connectivity index (χ1v) is 5.44. The second kappa shape index (κ2) is 3.76. The van der Waals surface area contributed by atoms with Crippen molar-refractivity contribution in [3.8, 4) is 11.5 Å². The van der Waals surface area contributed by atoms with Gasteiger partial charge in [-0.1, -0.05) is 27.5 Å². The van der Waals surface area contributed by atoms with E-state index >= 15 is 0 Å². The summed E-state index contributed by atoms with van der Waals surface area (Å²) in [6.07, 6.45) is 0.0750. The minimum Gasteiger partial charge on any atom is -0.486 e. The third-order valence-corrected chi connectivity index (χ3v) is 2.75. The van der Waals surface area contributed by atoms with Crippen LogP contribution in [0.4, 0.5) is 0 Å². The largest absolute Gasteiger partial charge is 0.486 e. The molecule has 1 aromatic carbocycles. The van der Waals surface area contributed by atoms with Gasteiger partial charge in [-0.3, -0.25) is 0 Å². The highest BCUT2D eigenvalue weighted by Gasteiger charge is 2.19. The van der Waals surface area contributed by atoms with Crippen molar-refractivity contribution >= 4 is 27.5 Å². The number of rotatable bonds is 1. The van der Waals surface area contributed by atoms with Crippen molar-refractivity contribution in [3.05, 3.63) is 23.2 Å². The van der Waals surface area contributed by atoms with Gasteiger partial charge in [-0.2, -0.15) is 0 Å². The van der Waals surface area contributed by atoms with Crippen LogP contribution in [0.15, 0.2) is 18.2 Å². The Morgan fingerprint density at radius 1 is 1.46 bits per heavy atom. The predicted molar refractivity (Wildman–Crippen MR) is 55.2 cm³/mol. The highest BCUT2D eigenvalue weighted by Crippen LogP contribution is 2.34. The van der Waals surface area contributed by atoms with E-state index in [4.69, 9.17) is 21.1 Å². The maximum Gasteiger partial charge on any atom is 0.163 e. The van der Waals surface area contributed by atoms with Gasteiger partial charge in [0.15, 0.2) is 11.5 Å². The molecule has 0 aliphatic carbocycles. The van der Waals surface area contributed by atoms with Gasteiger partial charge in [0.05, 0.1) is 0 Å². The van der Waals surface area contributed by atoms with Crippen molar-refractivity contribution in [1.82, 2.24) is 0 Å². The Labute approximate surface area is 89.9 Å². The van der Waals surface area contributed by atoms with Crippen LogP contribution in [0.3, 0.4) is 0 Å². The summed E-state index contributed by atoms with van der Waals surface area (Å²) in [6.45, 7) is 0.583. The Morgan fingerprint density at radius 2 is 2.31 bits per heavy atom. The normalized spacial score (nSPS) is 20.0. The lowest BCUT2D eigenvalue weighted by Gasteiger charge is -2.25. The summed E-state index contributed by atoms with van der Waals surface area (Å²) in [6, 6.07) is 5.38. The molecule has 1 aliphatic heterocycles. The van der Waals surface area contributed by atoms with E-state index in [-0.39, 0.29) is 6.10 Å². The van der Waals surface area contributed by atoms with Gasteiger partial charge in [-0.15, -0.1) is 0 Å². The van der Waals surface area contributed by atoms with Crippen molar-refractivity contribution in [2.45, 2.75) is 6.10 Å². The molecule has 1 aromatic rings. The molecule has 0 fully saturated rings. The van der Waals surface area contributed by atoms with E-state index in [1.165, 1.54) is 0 Å². The fourth-order valence-corrected chi connectivity index (χ4v) is 1.65. The first-order chi connectivity index (χ1) is 6.29. The van der Waals surface area contributed by atoms with Crippen molar-refractivity contribution in [1.29, 1.82) is 0 Å². The average molecular weight is 264 g/mol. The number of hydrogen-bond donors (Lipinski definition) is 0. The number of ether oxygens (including phenoxy) is 2. The summed E-state index contributed by atoms with van der Waals surface area (Å²) in [5, 5.41) is 1.43. The van der Waals surface area contributed by atoms with Gasteiger partial charge in [0.25, 0.3) is 0 Å². The van der Waals surface area contributed by atoms with Crippen LogP contribution in [0.1, 0.15) is 0 Å². The van der Waals surface area contributed by atoms with Crippen molar-refractivity contribution in [3.63, 3.8) is 0 Å². The van der Waals surface area contributed by atoms with Gasteiger partial charge < -0.3 is 9.47 Å². The first-order valence-electron chi connectivity index (χ1n) is 3.94. The first kappa shape index (κ1) is 9.16. The van der Waals surface area contributed by atoms with Gasteiger partial charge >= 0.3 is 0 Å². The van der Waals surface area contributed by atoms with Gasteiger partial charge in [0.1, 0.15) is 12.7 Å². The zero-order valence-electron chi connectivity index (χ0n) is 6.80. The topological polar surface area (TPSA) is 18.5 Å². The number of hydrogen-bond acceptors (Lipinski definition) is 2. The molecule has 0 unspecified atom stereocenters. The lowest BCUT2D eigenvalue weighted by Crippen LogP contribution is -2.30. The quantitative estimate of drug-likeness (QED) is 0.725. The molecule has 2 rings (SSSR count). The van der Waals surface area contributed by atoms with E-state index in [0.29, 0.717) is 11.6 Å². The van der Waals surface area contributed by atoms with Crippen LogP contribution in [0, 0.1) is 0 Å². The van der Waals surface area contributed by atoms with Gasteiger partial charge in [0.2, 0.25) is 0 Å². The second-order valence-electron chi connectivity index (χ2n) is 2.80. The molecular formula is C9H8BrClO2. The molecule has 0 N–H and O–H groups in total. The molecule has 1 atom stereocenters. The monoisotopic (exact) mass is 262 g/mol. The van der Waals surface area contributed by atoms with Crippen LogP contribution < -0.4 is 9.47 Å². The summed E-state index contributed by atoms with van der Waals surface area (Å²) in [5.41, 5.74) is 0. The maximum absolute atomic E-state index is 5.82. The molecular weight excluding hydrogens is 255 g/mol. The van der Waals surface area contributed by atoms with Crippen LogP contribution in [0.2, 0.25) is 5.02 Å². The average Bonchev–Trinajstić information content (AvgIpc) is 2.16. The zero-order valence-corrected chi connectivity index (χ0v) is 9.14. The fourth-order valence-electron chi connectivity index (χ4n) is 1.17. The molecule has 4 heteroatoms. The smallest absolute Gasteiger partial charge is 0.163 e. The molecule has 70 valence electrons. The SMILES string of the molecule is Clc1ccc2c(c1)O[C@@H](CBr)CO2. The standard InChI is InChI=1S/C9H8BrClO2/c10-4-7-5-12-8-2-1-6(11)3-9(8)13-7/h1-3,7H,4-5H2/t7-/m0/s1. The summed E-state index contributed by atoms with van der Waals surface area (Å²) < 4.78 is 11.1. The van der Waals surface area contributed by atoms with E-state index in [1.807, 2.05) is 6.07 Å². The predicted octanol–water partition coefficient (Wildman–Crippen LogP) is 2.87. The zero-order chi connectivity index (χ0) is 9.26. The number of benzene rings is 1. The van der Waals surface area contributed by atoms with Crippen molar-refractivity contribution in [2.75, 3.05) is 11.9 Å². The van der Waals surface area contributed by atoms with Crippen LogP contribution in [0.25, 0.3) is 0 Å². The van der Waals surface area contributed by atoms with Crippen LogP contribution >= 0.6 is 27.5 Å². The van der Waals surface area contributed by atoms with E-state index < -0.39 is 0 Å². The molecule has 13 heavy (non-hydrogen) atoms. The molecule has 0 bridgehead atoms. The van der Waals surface area contributed by atoms with Crippen LogP contribution in [-0.2, 0) is 0 Å². The second-order valence-corrected chi connectivity index (χ2v) is 3.88. The van der Waals surface area contributed by atoms with Crippen molar-refractivity contribution < 1.29 is 9.47 Å². The maximum atomic E-state index is 5.82. The van der Waals surface area contributed by atoms with E-state index in [2.05, 4.69) is 15.9 Å². The molecule has 1 aliphatic rings. The molecule has 0 saturated carbocycles. The summed E-state index contributed by atoms with van der Waals surface area (Å²) >= 11 is 9.16. The minimum atomic E-state index is 0.0750. The van der Waals surface area contributed by atoms with Crippen molar-refractivity contribution in [2.24, 2.45) is 0 Å². The minimum absolute atomic E-state index is 0.0750. The number of alkyl halides is 1. The molecule has 1 heterocycles. The fraction of sp³-hybridized carbons (Fsp3) is 0.333. The summed E-state index contributed by atoms with van der Waals surface area (Å²) in [4.78, 5) is 0. The highest BCUT2D eigenvalue weighted by molar-refractivity contribution is 9.09. The highest BCUT2D eigenvalue weighted by atomic mass is 79.9. The lowest BCUT2D eigenvalue weighted by molar-refractivity contribution is 0.108. The summed E-state index contributed by atoms with van der Waals surface area (Å²) in [7, 11) is 0. The Hall–Kier alpha value is -0.410. The van der Waals surface area contributed by atoms with Gasteiger partial charge in [-0.25, -0.2) is 0 Å². The van der Waals surface area contributed by atoms with E-state index in [9.17, 15) is 0 Å². The number of halogens is 2. The number of fused-ring (bicyclic) bond motifs is 1. The Bertz CT molecular complexity index is 316. The summed E-state index contributed by atoms with van der Waals surface area (Å²) in [5.74, 6) is 1.49. The lowest BCUT2D eigenvalue weighted by atomic mass is 10.3. The third-order valence-electron chi connectivity index (χ3n) is 1.80. The molecule has 0 spiro atoms. The van der Waals surface area contributed by atoms with E-state index in [1.54, 1.807) is 12.1 Å². The molecule has 0 amide bonds.